The molecule has 78 valence electrons. The van der Waals surface area contributed by atoms with Gasteiger partial charge in [0.25, 0.3) is 10.1 Å². The van der Waals surface area contributed by atoms with Crippen LogP contribution in [0.15, 0.2) is 24.3 Å². The summed E-state index contributed by atoms with van der Waals surface area (Å²) in [6, 6.07) is 5.14. The maximum atomic E-state index is 12.4. The zero-order chi connectivity index (χ0) is 10.6. The fourth-order valence-corrected chi connectivity index (χ4v) is 1.09. The summed E-state index contributed by atoms with van der Waals surface area (Å²) in [5, 5.41) is 0. The molecular formula is C8H9FO4S. The second-order valence-electron chi connectivity index (χ2n) is 2.59. The zero-order valence-corrected chi connectivity index (χ0v) is 8.00. The second-order valence-corrected chi connectivity index (χ2v) is 4.16. The molecule has 1 rings (SSSR count). The van der Waals surface area contributed by atoms with Crippen molar-refractivity contribution in [3.63, 3.8) is 0 Å². The van der Waals surface area contributed by atoms with Crippen LogP contribution >= 0.6 is 0 Å². The van der Waals surface area contributed by atoms with E-state index < -0.39 is 21.7 Å². The molecule has 1 N–H and O–H groups in total. The molecule has 0 saturated carbocycles. The monoisotopic (exact) mass is 220 g/mol. The Labute approximate surface area is 81.1 Å². The predicted molar refractivity (Wildman–Crippen MR) is 48.3 cm³/mol. The highest BCUT2D eigenvalue weighted by Crippen LogP contribution is 2.10. The lowest BCUT2D eigenvalue weighted by atomic mass is 10.3. The normalized spacial score (nSPS) is 11.3. The molecule has 0 aliphatic heterocycles. The van der Waals surface area contributed by atoms with Crippen molar-refractivity contribution < 1.29 is 22.1 Å². The summed E-state index contributed by atoms with van der Waals surface area (Å²) in [7, 11) is -4.00. The van der Waals surface area contributed by atoms with Gasteiger partial charge in [0.15, 0.2) is 0 Å². The Morgan fingerprint density at radius 2 is 1.86 bits per heavy atom. The molecule has 4 nitrogen and oxygen atoms in total. The van der Waals surface area contributed by atoms with Gasteiger partial charge in [-0.1, -0.05) is 0 Å². The van der Waals surface area contributed by atoms with Gasteiger partial charge in [0, 0.05) is 0 Å². The number of ether oxygens (including phenoxy) is 1. The molecule has 1 aromatic carbocycles. The van der Waals surface area contributed by atoms with Crippen LogP contribution in [-0.4, -0.2) is 25.3 Å². The van der Waals surface area contributed by atoms with E-state index in [1.165, 1.54) is 24.3 Å². The second kappa shape index (κ2) is 4.39. The fraction of sp³-hybridized carbons (Fsp3) is 0.250. The number of benzene rings is 1. The van der Waals surface area contributed by atoms with Gasteiger partial charge in [-0.2, -0.15) is 8.42 Å². The fourth-order valence-electron chi connectivity index (χ4n) is 0.796. The Bertz CT molecular complexity index is 384. The molecule has 0 amide bonds. The van der Waals surface area contributed by atoms with Crippen molar-refractivity contribution in [3.05, 3.63) is 30.1 Å². The van der Waals surface area contributed by atoms with Gasteiger partial charge in [-0.15, -0.1) is 0 Å². The van der Waals surface area contributed by atoms with Crippen molar-refractivity contribution in [1.82, 2.24) is 0 Å². The van der Waals surface area contributed by atoms with Gasteiger partial charge in [-0.25, -0.2) is 4.39 Å². The maximum absolute atomic E-state index is 12.4. The van der Waals surface area contributed by atoms with Crippen molar-refractivity contribution in [2.24, 2.45) is 0 Å². The predicted octanol–water partition coefficient (Wildman–Crippen LogP) is 1.09. The summed E-state index contributed by atoms with van der Waals surface area (Å²) >= 11 is 0. The third-order valence-electron chi connectivity index (χ3n) is 1.42. The highest BCUT2D eigenvalue weighted by Gasteiger charge is 2.04. The molecule has 0 heterocycles. The number of hydrogen-bond acceptors (Lipinski definition) is 3. The molecule has 0 saturated heterocycles. The van der Waals surface area contributed by atoms with Crippen LogP contribution in [0.2, 0.25) is 0 Å². The molecule has 0 bridgehead atoms. The Morgan fingerprint density at radius 1 is 1.29 bits per heavy atom. The minimum atomic E-state index is -4.00. The molecule has 0 fully saturated rings. The van der Waals surface area contributed by atoms with E-state index in [2.05, 4.69) is 0 Å². The van der Waals surface area contributed by atoms with E-state index in [0.717, 1.165) is 0 Å². The number of halogens is 1. The van der Waals surface area contributed by atoms with Crippen molar-refractivity contribution in [2.75, 3.05) is 12.4 Å². The van der Waals surface area contributed by atoms with Crippen molar-refractivity contribution in [3.8, 4) is 5.75 Å². The third-order valence-corrected chi connectivity index (χ3v) is 2.11. The zero-order valence-electron chi connectivity index (χ0n) is 7.18. The summed E-state index contributed by atoms with van der Waals surface area (Å²) in [6.45, 7) is -0.162. The van der Waals surface area contributed by atoms with Gasteiger partial charge in [0.05, 0.1) is 0 Å². The lowest BCUT2D eigenvalue weighted by molar-refractivity contribution is 0.335. The molecule has 0 radical (unpaired) electrons. The lowest BCUT2D eigenvalue weighted by Gasteiger charge is -2.03. The molecule has 14 heavy (non-hydrogen) atoms. The average molecular weight is 220 g/mol. The average Bonchev–Trinajstić information content (AvgIpc) is 2.06. The van der Waals surface area contributed by atoms with Gasteiger partial charge in [0.2, 0.25) is 0 Å². The van der Waals surface area contributed by atoms with Gasteiger partial charge in [-0.05, 0) is 24.3 Å². The van der Waals surface area contributed by atoms with Gasteiger partial charge >= 0.3 is 0 Å². The molecule has 6 heteroatoms. The minimum absolute atomic E-state index is 0.162. The SMILES string of the molecule is O=S(=O)(O)CCOc1ccc(F)cc1. The van der Waals surface area contributed by atoms with Gasteiger partial charge in [0.1, 0.15) is 23.9 Å². The topological polar surface area (TPSA) is 63.6 Å². The molecular weight excluding hydrogens is 211 g/mol. The highest BCUT2D eigenvalue weighted by atomic mass is 32.2. The van der Waals surface area contributed by atoms with E-state index in [0.29, 0.717) is 5.75 Å². The molecule has 0 aliphatic carbocycles. The first-order chi connectivity index (χ1) is 6.47. The third kappa shape index (κ3) is 4.20. The minimum Gasteiger partial charge on any atom is -0.492 e. The largest absolute Gasteiger partial charge is 0.492 e. The standard InChI is InChI=1S/C8H9FO4S/c9-7-1-3-8(4-2-7)13-5-6-14(10,11)12/h1-4H,5-6H2,(H,10,11,12). The molecule has 0 unspecified atom stereocenters. The van der Waals surface area contributed by atoms with E-state index in [1.807, 2.05) is 0 Å². The quantitative estimate of drug-likeness (QED) is 0.771. The van der Waals surface area contributed by atoms with Crippen molar-refractivity contribution in [2.45, 2.75) is 0 Å². The summed E-state index contributed by atoms with van der Waals surface area (Å²) in [4.78, 5) is 0. The molecule has 0 aromatic heterocycles. The Morgan fingerprint density at radius 3 is 2.36 bits per heavy atom. The van der Waals surface area contributed by atoms with E-state index in [9.17, 15) is 12.8 Å². The van der Waals surface area contributed by atoms with Crippen LogP contribution in [0.25, 0.3) is 0 Å². The summed E-state index contributed by atoms with van der Waals surface area (Å²) in [5.74, 6) is -0.521. The molecule has 0 atom stereocenters. The number of rotatable bonds is 4. The van der Waals surface area contributed by atoms with Gasteiger partial charge < -0.3 is 4.74 Å². The van der Waals surface area contributed by atoms with Crippen molar-refractivity contribution in [1.29, 1.82) is 0 Å². The number of hydrogen-bond donors (Lipinski definition) is 1. The highest BCUT2D eigenvalue weighted by molar-refractivity contribution is 7.85. The Hall–Kier alpha value is -1.14. The van der Waals surface area contributed by atoms with Crippen LogP contribution in [0.1, 0.15) is 0 Å². The van der Waals surface area contributed by atoms with Crippen LogP contribution in [-0.2, 0) is 10.1 Å². The van der Waals surface area contributed by atoms with Crippen LogP contribution in [0, 0.1) is 5.82 Å². The molecule has 1 aromatic rings. The lowest BCUT2D eigenvalue weighted by Crippen LogP contribution is -2.12. The van der Waals surface area contributed by atoms with Crippen LogP contribution in [0.5, 0.6) is 5.75 Å². The summed E-state index contributed by atoms with van der Waals surface area (Å²) in [6.07, 6.45) is 0. The Kier molecular flexibility index (Phi) is 3.43. The summed E-state index contributed by atoms with van der Waals surface area (Å²) in [5.41, 5.74) is 0. The molecule has 0 aliphatic rings. The molecule has 0 spiro atoms. The van der Waals surface area contributed by atoms with Crippen LogP contribution in [0.4, 0.5) is 4.39 Å². The van der Waals surface area contributed by atoms with E-state index in [4.69, 9.17) is 9.29 Å². The maximum Gasteiger partial charge on any atom is 0.268 e. The first-order valence-electron chi connectivity index (χ1n) is 3.81. The van der Waals surface area contributed by atoms with Crippen LogP contribution in [0.3, 0.4) is 0 Å². The Balaban J connectivity index is 2.43. The van der Waals surface area contributed by atoms with Crippen LogP contribution < -0.4 is 4.74 Å². The summed E-state index contributed by atoms with van der Waals surface area (Å²) < 4.78 is 46.3. The van der Waals surface area contributed by atoms with Gasteiger partial charge in [-0.3, -0.25) is 4.55 Å². The first kappa shape index (κ1) is 10.9. The van der Waals surface area contributed by atoms with E-state index >= 15 is 0 Å². The van der Waals surface area contributed by atoms with E-state index in [-0.39, 0.29) is 6.61 Å². The smallest absolute Gasteiger partial charge is 0.268 e. The first-order valence-corrected chi connectivity index (χ1v) is 5.42. The van der Waals surface area contributed by atoms with E-state index in [1.54, 1.807) is 0 Å². The van der Waals surface area contributed by atoms with Crippen molar-refractivity contribution >= 4 is 10.1 Å².